The summed E-state index contributed by atoms with van der Waals surface area (Å²) >= 11 is 7.61. The molecule has 1 atom stereocenters. The number of amides is 1. The highest BCUT2D eigenvalue weighted by Crippen LogP contribution is 2.45. The molecule has 1 aliphatic heterocycles. The van der Waals surface area contributed by atoms with Crippen LogP contribution in [-0.4, -0.2) is 23.4 Å². The number of nitrogens with zero attached hydrogens (tertiary/aromatic N) is 1. The number of carbonyl (C=O) groups is 2. The molecule has 1 N–H and O–H groups in total. The number of aliphatic hydroxyl groups is 1. The topological polar surface area (TPSA) is 66.8 Å². The molecule has 32 heavy (non-hydrogen) atoms. The van der Waals surface area contributed by atoms with Gasteiger partial charge >= 0.3 is 0 Å². The molecular formula is C25H22ClNO4S. The van der Waals surface area contributed by atoms with Gasteiger partial charge in [-0.25, -0.2) is 0 Å². The van der Waals surface area contributed by atoms with Crippen LogP contribution in [-0.2, 0) is 9.59 Å². The van der Waals surface area contributed by atoms with Gasteiger partial charge in [-0.15, -0.1) is 11.3 Å². The van der Waals surface area contributed by atoms with Crippen LogP contribution >= 0.6 is 22.9 Å². The number of anilines is 1. The zero-order valence-electron chi connectivity index (χ0n) is 17.9. The molecule has 0 bridgehead atoms. The first kappa shape index (κ1) is 22.1. The Kier molecular flexibility index (Phi) is 6.09. The number of thiophene rings is 1. The van der Waals surface area contributed by atoms with Crippen LogP contribution in [0.1, 0.15) is 34.5 Å². The van der Waals surface area contributed by atoms with Gasteiger partial charge in [0.05, 0.1) is 12.2 Å². The van der Waals surface area contributed by atoms with Crippen molar-refractivity contribution < 1.29 is 19.4 Å². The van der Waals surface area contributed by atoms with Crippen LogP contribution in [0.15, 0.2) is 59.5 Å². The van der Waals surface area contributed by atoms with Gasteiger partial charge in [-0.1, -0.05) is 17.7 Å². The molecule has 2 heterocycles. The van der Waals surface area contributed by atoms with E-state index in [9.17, 15) is 14.7 Å². The van der Waals surface area contributed by atoms with Crippen LogP contribution < -0.4 is 9.64 Å². The van der Waals surface area contributed by atoms with Gasteiger partial charge in [-0.05, 0) is 79.7 Å². The summed E-state index contributed by atoms with van der Waals surface area (Å²) in [7, 11) is 0. The van der Waals surface area contributed by atoms with E-state index >= 15 is 0 Å². The minimum Gasteiger partial charge on any atom is -0.507 e. The lowest BCUT2D eigenvalue weighted by molar-refractivity contribution is -0.132. The van der Waals surface area contributed by atoms with E-state index in [4.69, 9.17) is 16.3 Å². The van der Waals surface area contributed by atoms with E-state index in [0.29, 0.717) is 28.6 Å². The monoisotopic (exact) mass is 467 g/mol. The predicted molar refractivity (Wildman–Crippen MR) is 128 cm³/mol. The number of ether oxygens (including phenoxy) is 1. The SMILES string of the molecule is CCOc1ccc(/C(O)=C2/C(=O)C(=O)N(c3cccc(Cl)c3)C2c2sccc2C)cc1C. The van der Waals surface area contributed by atoms with E-state index < -0.39 is 17.7 Å². The molecule has 0 radical (unpaired) electrons. The van der Waals surface area contributed by atoms with Crippen molar-refractivity contribution in [2.75, 3.05) is 11.5 Å². The van der Waals surface area contributed by atoms with E-state index in [2.05, 4.69) is 0 Å². The fraction of sp³-hybridized carbons (Fsp3) is 0.200. The lowest BCUT2D eigenvalue weighted by Crippen LogP contribution is -2.29. The van der Waals surface area contributed by atoms with Crippen LogP contribution in [0.25, 0.3) is 5.76 Å². The number of hydrogen-bond acceptors (Lipinski definition) is 5. The van der Waals surface area contributed by atoms with Gasteiger partial charge in [0.25, 0.3) is 11.7 Å². The summed E-state index contributed by atoms with van der Waals surface area (Å²) in [4.78, 5) is 28.6. The summed E-state index contributed by atoms with van der Waals surface area (Å²) in [6, 6.07) is 13.2. The molecular weight excluding hydrogens is 446 g/mol. The highest BCUT2D eigenvalue weighted by Gasteiger charge is 2.48. The Bertz CT molecular complexity index is 1250. The minimum absolute atomic E-state index is 0.0593. The van der Waals surface area contributed by atoms with Gasteiger partial charge in [0, 0.05) is 21.2 Å². The summed E-state index contributed by atoms with van der Waals surface area (Å²) < 4.78 is 5.58. The molecule has 1 aromatic heterocycles. The number of rotatable bonds is 5. The van der Waals surface area contributed by atoms with Crippen molar-refractivity contribution in [3.05, 3.63) is 86.1 Å². The predicted octanol–water partition coefficient (Wildman–Crippen LogP) is 6.04. The molecule has 2 aromatic carbocycles. The quantitative estimate of drug-likeness (QED) is 0.282. The van der Waals surface area contributed by atoms with Crippen LogP contribution in [0.5, 0.6) is 5.75 Å². The Morgan fingerprint density at radius 1 is 1.12 bits per heavy atom. The van der Waals surface area contributed by atoms with E-state index in [-0.39, 0.29) is 11.3 Å². The number of ketones is 1. The van der Waals surface area contributed by atoms with Crippen molar-refractivity contribution in [2.24, 2.45) is 0 Å². The van der Waals surface area contributed by atoms with Gasteiger partial charge in [0.2, 0.25) is 0 Å². The molecule has 1 amide bonds. The number of hydrogen-bond donors (Lipinski definition) is 1. The van der Waals surface area contributed by atoms with Gasteiger partial charge in [0.15, 0.2) is 0 Å². The Morgan fingerprint density at radius 3 is 2.53 bits per heavy atom. The second-order valence-corrected chi connectivity index (χ2v) is 8.91. The number of aryl methyl sites for hydroxylation is 2. The first-order valence-corrected chi connectivity index (χ1v) is 11.4. The van der Waals surface area contributed by atoms with Crippen LogP contribution in [0, 0.1) is 13.8 Å². The molecule has 0 saturated carbocycles. The molecule has 5 nitrogen and oxygen atoms in total. The standard InChI is InChI=1S/C25H22ClNO4S/c1-4-31-19-9-8-16(12-15(19)3)22(28)20-21(24-14(2)10-11-32-24)27(25(30)23(20)29)18-7-5-6-17(26)13-18/h5-13,21,28H,4H2,1-3H3/b22-20-. The number of benzene rings is 2. The lowest BCUT2D eigenvalue weighted by atomic mass is 9.97. The molecule has 1 unspecified atom stereocenters. The van der Waals surface area contributed by atoms with Crippen LogP contribution in [0.4, 0.5) is 5.69 Å². The highest BCUT2D eigenvalue weighted by atomic mass is 35.5. The Balaban J connectivity index is 1.92. The smallest absolute Gasteiger partial charge is 0.300 e. The second-order valence-electron chi connectivity index (χ2n) is 7.53. The van der Waals surface area contributed by atoms with Gasteiger partial charge in [-0.3, -0.25) is 14.5 Å². The minimum atomic E-state index is -0.750. The summed E-state index contributed by atoms with van der Waals surface area (Å²) in [5.74, 6) is -0.938. The Morgan fingerprint density at radius 2 is 1.91 bits per heavy atom. The van der Waals surface area contributed by atoms with Crippen LogP contribution in [0.2, 0.25) is 5.02 Å². The fourth-order valence-electron chi connectivity index (χ4n) is 3.91. The molecule has 1 aliphatic rings. The van der Waals surface area contributed by atoms with E-state index in [1.165, 1.54) is 16.2 Å². The molecule has 4 rings (SSSR count). The highest BCUT2D eigenvalue weighted by molar-refractivity contribution is 7.10. The maximum Gasteiger partial charge on any atom is 0.300 e. The second kappa shape index (κ2) is 8.81. The average molecular weight is 468 g/mol. The zero-order chi connectivity index (χ0) is 23.0. The fourth-order valence-corrected chi connectivity index (χ4v) is 5.12. The molecule has 164 valence electrons. The van der Waals surface area contributed by atoms with E-state index in [0.717, 1.165) is 16.0 Å². The Hall–Kier alpha value is -3.09. The van der Waals surface area contributed by atoms with Crippen molar-refractivity contribution in [3.63, 3.8) is 0 Å². The average Bonchev–Trinajstić information content (AvgIpc) is 3.29. The van der Waals surface area contributed by atoms with E-state index in [1.807, 2.05) is 32.2 Å². The molecule has 0 aliphatic carbocycles. The van der Waals surface area contributed by atoms with Crippen molar-refractivity contribution in [1.29, 1.82) is 0 Å². The third-order valence-electron chi connectivity index (χ3n) is 5.43. The van der Waals surface area contributed by atoms with Crippen molar-refractivity contribution in [2.45, 2.75) is 26.8 Å². The number of aliphatic hydroxyl groups excluding tert-OH is 1. The molecule has 3 aromatic rings. The lowest BCUT2D eigenvalue weighted by Gasteiger charge is -2.25. The third-order valence-corrected chi connectivity index (χ3v) is 6.74. The van der Waals surface area contributed by atoms with Crippen molar-refractivity contribution in [3.8, 4) is 5.75 Å². The van der Waals surface area contributed by atoms with E-state index in [1.54, 1.807) is 42.5 Å². The zero-order valence-corrected chi connectivity index (χ0v) is 19.5. The normalized spacial score (nSPS) is 17.8. The van der Waals surface area contributed by atoms with Crippen molar-refractivity contribution in [1.82, 2.24) is 0 Å². The molecule has 1 fully saturated rings. The summed E-state index contributed by atoms with van der Waals surface area (Å²) in [5, 5.41) is 13.6. The summed E-state index contributed by atoms with van der Waals surface area (Å²) in [6.45, 7) is 6.21. The van der Waals surface area contributed by atoms with Crippen LogP contribution in [0.3, 0.4) is 0 Å². The van der Waals surface area contributed by atoms with Gasteiger partial charge in [-0.2, -0.15) is 0 Å². The maximum atomic E-state index is 13.2. The molecule has 7 heteroatoms. The third kappa shape index (κ3) is 3.80. The molecule has 1 saturated heterocycles. The maximum absolute atomic E-state index is 13.2. The van der Waals surface area contributed by atoms with Gasteiger partial charge in [0.1, 0.15) is 17.6 Å². The summed E-state index contributed by atoms with van der Waals surface area (Å²) in [5.41, 5.74) is 2.77. The molecule has 0 spiro atoms. The van der Waals surface area contributed by atoms with Crippen molar-refractivity contribution >= 4 is 46.1 Å². The first-order valence-electron chi connectivity index (χ1n) is 10.2. The number of carbonyl (C=O) groups excluding carboxylic acids is 2. The summed E-state index contributed by atoms with van der Waals surface area (Å²) in [6.07, 6.45) is 0. The first-order chi connectivity index (χ1) is 15.3. The Labute approximate surface area is 195 Å². The van der Waals surface area contributed by atoms with Gasteiger partial charge < -0.3 is 9.84 Å². The largest absolute Gasteiger partial charge is 0.507 e. The number of halogens is 1. The number of Topliss-reactive ketones (excluding diaryl/α,β-unsaturated/α-hetero) is 1.